The first kappa shape index (κ1) is 27.1. The van der Waals surface area contributed by atoms with E-state index in [9.17, 15) is 23.1 Å². The Morgan fingerprint density at radius 1 is 1.26 bits per heavy atom. The van der Waals surface area contributed by atoms with Crippen LogP contribution in [-0.2, 0) is 6.18 Å². The number of carbonyl (C=O) groups excluding carboxylic acids is 1. The van der Waals surface area contributed by atoms with Crippen LogP contribution in [0.15, 0.2) is 30.5 Å². The minimum absolute atomic E-state index is 0.00584. The van der Waals surface area contributed by atoms with Gasteiger partial charge in [-0.3, -0.25) is 4.79 Å². The van der Waals surface area contributed by atoms with Crippen LogP contribution in [0.25, 0.3) is 0 Å². The van der Waals surface area contributed by atoms with Crippen LogP contribution in [0.2, 0.25) is 0 Å². The zero-order valence-electron chi connectivity index (χ0n) is 20.0. The molecule has 0 aliphatic carbocycles. The van der Waals surface area contributed by atoms with E-state index < -0.39 is 29.3 Å². The minimum Gasteiger partial charge on any atom is -0.490 e. The summed E-state index contributed by atoms with van der Waals surface area (Å²) in [5.41, 5.74) is 0.724. The summed E-state index contributed by atoms with van der Waals surface area (Å²) >= 11 is 1.09. The molecule has 2 heterocycles. The normalized spacial score (nSPS) is 16.1. The van der Waals surface area contributed by atoms with Gasteiger partial charge in [0, 0.05) is 38.6 Å². The van der Waals surface area contributed by atoms with Gasteiger partial charge in [-0.05, 0) is 56.0 Å². The molecule has 1 unspecified atom stereocenters. The molecule has 1 fully saturated rings. The van der Waals surface area contributed by atoms with Crippen molar-refractivity contribution in [2.24, 2.45) is 0 Å². The Morgan fingerprint density at radius 3 is 2.60 bits per heavy atom. The lowest BCUT2D eigenvalue weighted by molar-refractivity contribution is -0.137. The fraction of sp³-hybridized carbons (Fsp3) is 0.500. The number of alkyl halides is 3. The fourth-order valence-electron chi connectivity index (χ4n) is 3.89. The average molecular weight is 513 g/mol. The maximum atomic E-state index is 13.4. The van der Waals surface area contributed by atoms with E-state index >= 15 is 0 Å². The first-order valence-electron chi connectivity index (χ1n) is 11.4. The van der Waals surface area contributed by atoms with Gasteiger partial charge >= 0.3 is 6.18 Å². The van der Waals surface area contributed by atoms with Crippen LogP contribution in [0.4, 0.5) is 19.0 Å². The van der Waals surface area contributed by atoms with Gasteiger partial charge in [-0.1, -0.05) is 18.0 Å². The van der Waals surface area contributed by atoms with Crippen molar-refractivity contribution in [2.75, 3.05) is 37.2 Å². The van der Waals surface area contributed by atoms with Crippen molar-refractivity contribution in [3.8, 4) is 5.75 Å². The van der Waals surface area contributed by atoms with Gasteiger partial charge in [-0.25, -0.2) is 4.98 Å². The molecule has 35 heavy (non-hydrogen) atoms. The topological polar surface area (TPSA) is 86.7 Å². The van der Waals surface area contributed by atoms with Gasteiger partial charge in [0.2, 0.25) is 0 Å². The SMILES string of the molecule is CSNc1cc(C(F)(F)F)c(C(=O)NCC(O)CN2CCC(Oc3ccc(C)c(C)c3)CC2)cn1. The molecular formula is C24H31F3N4O3S. The van der Waals surface area contributed by atoms with Crippen LogP contribution in [-0.4, -0.2) is 65.5 Å². The molecule has 0 radical (unpaired) electrons. The molecule has 192 valence electrons. The second-order valence-electron chi connectivity index (χ2n) is 8.65. The number of nitrogens with zero attached hydrogens (tertiary/aromatic N) is 2. The molecule has 2 aromatic rings. The third-order valence-electron chi connectivity index (χ3n) is 5.94. The third-order valence-corrected chi connectivity index (χ3v) is 6.36. The van der Waals surface area contributed by atoms with Crippen molar-refractivity contribution in [3.63, 3.8) is 0 Å². The average Bonchev–Trinajstić information content (AvgIpc) is 2.81. The number of anilines is 1. The predicted molar refractivity (Wildman–Crippen MR) is 131 cm³/mol. The van der Waals surface area contributed by atoms with Gasteiger partial charge in [0.25, 0.3) is 5.91 Å². The maximum absolute atomic E-state index is 13.4. The molecule has 1 aromatic carbocycles. The molecule has 1 aliphatic heterocycles. The van der Waals surface area contributed by atoms with Gasteiger partial charge in [0.1, 0.15) is 17.7 Å². The summed E-state index contributed by atoms with van der Waals surface area (Å²) in [5, 5.41) is 12.8. The number of aryl methyl sites for hydroxylation is 2. The highest BCUT2D eigenvalue weighted by Gasteiger charge is 2.36. The Labute approximate surface area is 207 Å². The van der Waals surface area contributed by atoms with Gasteiger partial charge in [0.05, 0.1) is 17.2 Å². The summed E-state index contributed by atoms with van der Waals surface area (Å²) in [6.07, 6.45) is -1.42. The molecule has 1 atom stereocenters. The number of β-amino-alcohol motifs (C(OH)–C–C–N with tert-alkyl or cyclic N) is 1. The summed E-state index contributed by atoms with van der Waals surface area (Å²) in [6, 6.07) is 6.83. The quantitative estimate of drug-likeness (QED) is 0.437. The fourth-order valence-corrected chi connectivity index (χ4v) is 4.21. The number of carbonyl (C=O) groups is 1. The maximum Gasteiger partial charge on any atom is 0.417 e. The smallest absolute Gasteiger partial charge is 0.417 e. The Bertz CT molecular complexity index is 1010. The van der Waals surface area contributed by atoms with Crippen molar-refractivity contribution in [2.45, 2.75) is 45.1 Å². The number of hydrogen-bond acceptors (Lipinski definition) is 7. The number of halogens is 3. The first-order valence-corrected chi connectivity index (χ1v) is 12.6. The van der Waals surface area contributed by atoms with Crippen LogP contribution in [0, 0.1) is 13.8 Å². The lowest BCUT2D eigenvalue weighted by Crippen LogP contribution is -2.45. The first-order chi connectivity index (χ1) is 16.6. The summed E-state index contributed by atoms with van der Waals surface area (Å²) in [4.78, 5) is 18.3. The summed E-state index contributed by atoms with van der Waals surface area (Å²) in [7, 11) is 0. The third kappa shape index (κ3) is 7.74. The number of amides is 1. The monoisotopic (exact) mass is 512 g/mol. The van der Waals surface area contributed by atoms with E-state index in [1.54, 1.807) is 6.26 Å². The zero-order valence-corrected chi connectivity index (χ0v) is 20.8. The number of pyridine rings is 1. The Hall–Kier alpha value is -2.50. The number of ether oxygens (including phenoxy) is 1. The highest BCUT2D eigenvalue weighted by Crippen LogP contribution is 2.33. The standard InChI is InChI=1S/C24H31F3N4O3S/c1-15-4-5-19(10-16(15)2)34-18-6-8-31(9-7-18)14-17(32)12-29-23(33)20-13-28-22(30-35-3)11-21(20)24(25,26)27/h4-5,10-11,13,17-18,32H,6-9,12,14H2,1-3H3,(H,28,30)(H,29,33). The zero-order chi connectivity index (χ0) is 25.6. The lowest BCUT2D eigenvalue weighted by Gasteiger charge is -2.33. The molecule has 7 nitrogen and oxygen atoms in total. The number of benzene rings is 1. The molecule has 1 saturated heterocycles. The van der Waals surface area contributed by atoms with E-state index in [1.165, 1.54) is 11.1 Å². The van der Waals surface area contributed by atoms with Gasteiger partial charge in [0.15, 0.2) is 0 Å². The van der Waals surface area contributed by atoms with E-state index in [2.05, 4.69) is 26.8 Å². The van der Waals surface area contributed by atoms with Crippen molar-refractivity contribution >= 4 is 23.7 Å². The molecule has 11 heteroatoms. The molecular weight excluding hydrogens is 481 g/mol. The largest absolute Gasteiger partial charge is 0.490 e. The van der Waals surface area contributed by atoms with Crippen LogP contribution >= 0.6 is 11.9 Å². The molecule has 0 bridgehead atoms. The number of aliphatic hydroxyl groups excluding tert-OH is 1. The van der Waals surface area contributed by atoms with Crippen molar-refractivity contribution < 1.29 is 27.8 Å². The summed E-state index contributed by atoms with van der Waals surface area (Å²) in [6.45, 7) is 5.66. The molecule has 3 rings (SSSR count). The van der Waals surface area contributed by atoms with Crippen LogP contribution in [0.3, 0.4) is 0 Å². The number of aliphatic hydroxyl groups is 1. The number of nitrogens with one attached hydrogen (secondary N) is 2. The minimum atomic E-state index is -4.72. The van der Waals surface area contributed by atoms with Crippen LogP contribution in [0.1, 0.15) is 39.9 Å². The molecule has 1 aliphatic rings. The Kier molecular flexibility index (Phi) is 9.26. The molecule has 1 amide bonds. The Balaban J connectivity index is 1.47. The second kappa shape index (κ2) is 12.0. The van der Waals surface area contributed by atoms with Crippen molar-refractivity contribution in [1.29, 1.82) is 0 Å². The van der Waals surface area contributed by atoms with Gasteiger partial charge in [-0.15, -0.1) is 0 Å². The van der Waals surface area contributed by atoms with Crippen LogP contribution in [0.5, 0.6) is 5.75 Å². The number of hydrogen-bond donors (Lipinski definition) is 3. The van der Waals surface area contributed by atoms with Gasteiger partial charge < -0.3 is 24.8 Å². The summed E-state index contributed by atoms with van der Waals surface area (Å²) < 4.78 is 49.0. The van der Waals surface area contributed by atoms with E-state index in [0.717, 1.165) is 42.8 Å². The van der Waals surface area contributed by atoms with Crippen molar-refractivity contribution in [3.05, 3.63) is 52.7 Å². The number of piperidine rings is 1. The van der Waals surface area contributed by atoms with E-state index in [1.807, 2.05) is 25.1 Å². The number of likely N-dealkylation sites (tertiary alicyclic amines) is 1. The molecule has 0 saturated carbocycles. The van der Waals surface area contributed by atoms with Crippen LogP contribution < -0.4 is 14.8 Å². The highest BCUT2D eigenvalue weighted by atomic mass is 32.2. The predicted octanol–water partition coefficient (Wildman–Crippen LogP) is 4.04. The lowest BCUT2D eigenvalue weighted by atomic mass is 10.1. The summed E-state index contributed by atoms with van der Waals surface area (Å²) in [5.74, 6) is -0.0781. The molecule has 1 aromatic heterocycles. The number of rotatable bonds is 9. The number of aromatic nitrogens is 1. The van der Waals surface area contributed by atoms with E-state index in [0.29, 0.717) is 19.6 Å². The van der Waals surface area contributed by atoms with E-state index in [4.69, 9.17) is 4.74 Å². The van der Waals surface area contributed by atoms with Crippen molar-refractivity contribution in [1.82, 2.24) is 15.2 Å². The second-order valence-corrected chi connectivity index (χ2v) is 9.26. The van der Waals surface area contributed by atoms with Gasteiger partial charge in [-0.2, -0.15) is 13.2 Å². The van der Waals surface area contributed by atoms with E-state index in [-0.39, 0.29) is 18.5 Å². The Morgan fingerprint density at radius 2 is 1.97 bits per heavy atom. The highest BCUT2D eigenvalue weighted by molar-refractivity contribution is 7.99. The molecule has 3 N–H and O–H groups in total. The molecule has 0 spiro atoms.